The fraction of sp³-hybridized carbons (Fsp3) is 0.462. The molecule has 0 heterocycles. The molecule has 0 saturated heterocycles. The molecule has 166 valence electrons. The monoisotopic (exact) mass is 438 g/mol. The zero-order valence-electron chi connectivity index (χ0n) is 18.7. The minimum atomic E-state index is -0.462. The van der Waals surface area contributed by atoms with Crippen LogP contribution in [0, 0.1) is 6.92 Å². The van der Waals surface area contributed by atoms with Gasteiger partial charge in [0, 0.05) is 18.3 Å². The van der Waals surface area contributed by atoms with Gasteiger partial charge in [0.05, 0.1) is 5.75 Å². The normalized spacial score (nSPS) is 14.9. The van der Waals surface area contributed by atoms with Gasteiger partial charge in [-0.2, -0.15) is 0 Å². The van der Waals surface area contributed by atoms with Crippen molar-refractivity contribution in [2.45, 2.75) is 63.8 Å². The number of hydrogen-bond acceptors (Lipinski definition) is 3. The highest BCUT2D eigenvalue weighted by Gasteiger charge is 2.28. The van der Waals surface area contributed by atoms with Gasteiger partial charge in [-0.25, -0.2) is 0 Å². The highest BCUT2D eigenvalue weighted by molar-refractivity contribution is 7.99. The Labute approximate surface area is 190 Å². The molecule has 0 unspecified atom stereocenters. The Kier molecular flexibility index (Phi) is 9.01. The Bertz CT molecular complexity index is 849. The van der Waals surface area contributed by atoms with Crippen molar-refractivity contribution in [1.82, 2.24) is 10.2 Å². The minimum absolute atomic E-state index is 0.0302. The topological polar surface area (TPSA) is 49.4 Å². The largest absolute Gasteiger partial charge is 0.352 e. The maximum atomic E-state index is 13.1. The summed E-state index contributed by atoms with van der Waals surface area (Å²) in [5, 5.41) is 3.16. The maximum Gasteiger partial charge on any atom is 0.242 e. The van der Waals surface area contributed by atoms with E-state index in [0.717, 1.165) is 25.0 Å². The van der Waals surface area contributed by atoms with Crippen molar-refractivity contribution < 1.29 is 9.59 Å². The van der Waals surface area contributed by atoms with Gasteiger partial charge in [0.25, 0.3) is 0 Å². The van der Waals surface area contributed by atoms with E-state index < -0.39 is 6.04 Å². The molecular weight excluding hydrogens is 404 g/mol. The van der Waals surface area contributed by atoms with Gasteiger partial charge in [-0.15, -0.1) is 11.8 Å². The van der Waals surface area contributed by atoms with Crippen LogP contribution in [0.4, 0.5) is 0 Å². The van der Waals surface area contributed by atoms with Gasteiger partial charge in [0.15, 0.2) is 0 Å². The fourth-order valence-electron chi connectivity index (χ4n) is 4.10. The molecule has 1 aliphatic carbocycles. The summed E-state index contributed by atoms with van der Waals surface area (Å²) >= 11 is 1.61. The van der Waals surface area contributed by atoms with Gasteiger partial charge in [-0.3, -0.25) is 9.59 Å². The predicted molar refractivity (Wildman–Crippen MR) is 129 cm³/mol. The number of hydrogen-bond donors (Lipinski definition) is 1. The van der Waals surface area contributed by atoms with Gasteiger partial charge in [0.1, 0.15) is 6.04 Å². The van der Waals surface area contributed by atoms with Crippen LogP contribution in [-0.2, 0) is 21.8 Å². The van der Waals surface area contributed by atoms with Crippen molar-refractivity contribution in [2.24, 2.45) is 0 Å². The molecule has 31 heavy (non-hydrogen) atoms. The Morgan fingerprint density at radius 1 is 1.06 bits per heavy atom. The molecule has 2 aromatic rings. The molecule has 0 spiro atoms. The highest BCUT2D eigenvalue weighted by atomic mass is 32.2. The first kappa shape index (κ1) is 23.4. The molecule has 1 fully saturated rings. The molecule has 0 aliphatic heterocycles. The lowest BCUT2D eigenvalue weighted by atomic mass is 10.1. The molecule has 1 atom stereocenters. The van der Waals surface area contributed by atoms with Crippen molar-refractivity contribution in [3.05, 3.63) is 71.3 Å². The van der Waals surface area contributed by atoms with Crippen molar-refractivity contribution >= 4 is 23.6 Å². The summed E-state index contributed by atoms with van der Waals surface area (Å²) in [6, 6.07) is 18.3. The predicted octanol–water partition coefficient (Wildman–Crippen LogP) is 4.75. The third-order valence-corrected chi connectivity index (χ3v) is 6.92. The van der Waals surface area contributed by atoms with Crippen molar-refractivity contribution in [1.29, 1.82) is 0 Å². The molecule has 3 rings (SSSR count). The van der Waals surface area contributed by atoms with E-state index in [2.05, 4.69) is 48.6 Å². The summed E-state index contributed by atoms with van der Waals surface area (Å²) in [6.45, 7) is 4.49. The van der Waals surface area contributed by atoms with Crippen LogP contribution in [0.15, 0.2) is 54.6 Å². The standard InChI is InChI=1S/C26H34N2O2S/c1-20-9-8-12-23(17-20)18-31-19-25(29)28(16-15-22-10-4-3-5-11-22)21(2)26(30)27-24-13-6-7-14-24/h3-5,8-12,17,21,24H,6-7,13-16,18-19H2,1-2H3,(H,27,30)/t21-/m1/s1. The van der Waals surface area contributed by atoms with E-state index in [1.165, 1.54) is 29.5 Å². The second-order valence-corrected chi connectivity index (χ2v) is 9.46. The van der Waals surface area contributed by atoms with E-state index in [9.17, 15) is 9.59 Å². The number of thioether (sulfide) groups is 1. The summed E-state index contributed by atoms with van der Waals surface area (Å²) in [5.41, 5.74) is 3.63. The lowest BCUT2D eigenvalue weighted by molar-refractivity contribution is -0.138. The van der Waals surface area contributed by atoms with Crippen LogP contribution in [0.2, 0.25) is 0 Å². The lowest BCUT2D eigenvalue weighted by Crippen LogP contribution is -2.51. The maximum absolute atomic E-state index is 13.1. The first-order valence-corrected chi connectivity index (χ1v) is 12.5. The van der Waals surface area contributed by atoms with Gasteiger partial charge in [-0.05, 0) is 44.2 Å². The molecule has 1 N–H and O–H groups in total. The Morgan fingerprint density at radius 2 is 1.77 bits per heavy atom. The number of carbonyl (C=O) groups is 2. The number of rotatable bonds is 10. The molecular formula is C26H34N2O2S. The van der Waals surface area contributed by atoms with Crippen LogP contribution >= 0.6 is 11.8 Å². The van der Waals surface area contributed by atoms with E-state index in [4.69, 9.17) is 0 Å². The quantitative estimate of drug-likeness (QED) is 0.583. The molecule has 4 nitrogen and oxygen atoms in total. The van der Waals surface area contributed by atoms with Gasteiger partial charge >= 0.3 is 0 Å². The van der Waals surface area contributed by atoms with Gasteiger partial charge < -0.3 is 10.2 Å². The van der Waals surface area contributed by atoms with Crippen LogP contribution in [0.3, 0.4) is 0 Å². The first-order valence-electron chi connectivity index (χ1n) is 11.3. The highest BCUT2D eigenvalue weighted by Crippen LogP contribution is 2.19. The molecule has 0 aromatic heterocycles. The Morgan fingerprint density at radius 3 is 2.48 bits per heavy atom. The van der Waals surface area contributed by atoms with E-state index in [-0.39, 0.29) is 17.9 Å². The number of benzene rings is 2. The Balaban J connectivity index is 1.60. The molecule has 2 amide bonds. The summed E-state index contributed by atoms with van der Waals surface area (Å²) in [5.74, 6) is 1.17. The third kappa shape index (κ3) is 7.42. The zero-order chi connectivity index (χ0) is 22.1. The van der Waals surface area contributed by atoms with Gasteiger partial charge in [-0.1, -0.05) is 73.0 Å². The molecule has 5 heteroatoms. The fourth-order valence-corrected chi connectivity index (χ4v) is 4.96. The zero-order valence-corrected chi connectivity index (χ0v) is 19.5. The van der Waals surface area contributed by atoms with Crippen molar-refractivity contribution in [3.63, 3.8) is 0 Å². The second kappa shape index (κ2) is 11.9. The summed E-state index contributed by atoms with van der Waals surface area (Å²) in [7, 11) is 0. The second-order valence-electron chi connectivity index (χ2n) is 8.47. The number of nitrogens with one attached hydrogen (secondary N) is 1. The summed E-state index contributed by atoms with van der Waals surface area (Å²) in [4.78, 5) is 27.8. The average molecular weight is 439 g/mol. The molecule has 1 aliphatic rings. The van der Waals surface area contributed by atoms with E-state index >= 15 is 0 Å². The third-order valence-electron chi connectivity index (χ3n) is 5.93. The summed E-state index contributed by atoms with van der Waals surface area (Å²) < 4.78 is 0. The Hall–Kier alpha value is -2.27. The smallest absolute Gasteiger partial charge is 0.242 e. The number of aryl methyl sites for hydroxylation is 1. The van der Waals surface area contributed by atoms with E-state index in [1.54, 1.807) is 16.7 Å². The van der Waals surface area contributed by atoms with Crippen LogP contribution in [0.5, 0.6) is 0 Å². The van der Waals surface area contributed by atoms with E-state index in [1.807, 2.05) is 25.1 Å². The van der Waals surface area contributed by atoms with Crippen LogP contribution < -0.4 is 5.32 Å². The molecule has 0 bridgehead atoms. The van der Waals surface area contributed by atoms with Gasteiger partial charge in [0.2, 0.25) is 11.8 Å². The van der Waals surface area contributed by atoms with Crippen LogP contribution in [0.1, 0.15) is 49.3 Å². The van der Waals surface area contributed by atoms with Crippen LogP contribution in [0.25, 0.3) is 0 Å². The molecule has 1 saturated carbocycles. The van der Waals surface area contributed by atoms with Crippen molar-refractivity contribution in [2.75, 3.05) is 12.3 Å². The van der Waals surface area contributed by atoms with E-state index in [0.29, 0.717) is 12.3 Å². The summed E-state index contributed by atoms with van der Waals surface area (Å²) in [6.07, 6.45) is 5.18. The van der Waals surface area contributed by atoms with Crippen LogP contribution in [-0.4, -0.2) is 41.1 Å². The molecule has 2 aromatic carbocycles. The first-order chi connectivity index (χ1) is 15.0. The lowest BCUT2D eigenvalue weighted by Gasteiger charge is -2.29. The molecule has 0 radical (unpaired) electrons. The average Bonchev–Trinajstić information content (AvgIpc) is 3.27. The number of amides is 2. The van der Waals surface area contributed by atoms with Crippen molar-refractivity contribution in [3.8, 4) is 0 Å². The minimum Gasteiger partial charge on any atom is -0.352 e. The number of carbonyl (C=O) groups excluding carboxylic acids is 2. The number of nitrogens with zero attached hydrogens (tertiary/aromatic N) is 1. The SMILES string of the molecule is Cc1cccc(CSCC(=O)N(CCc2ccccc2)[C@H](C)C(=O)NC2CCCC2)c1.